The molecule has 0 aliphatic heterocycles. The second-order valence-corrected chi connectivity index (χ2v) is 4.87. The predicted octanol–water partition coefficient (Wildman–Crippen LogP) is 1.98. The first-order chi connectivity index (χ1) is 8.75. The lowest BCUT2D eigenvalue weighted by atomic mass is 9.80. The summed E-state index contributed by atoms with van der Waals surface area (Å²) in [7, 11) is 0. The number of carbonyl (C=O) groups excluding carboxylic acids is 1. The molecule has 0 spiro atoms. The summed E-state index contributed by atoms with van der Waals surface area (Å²) in [5.74, 6) is 0.198. The smallest absolute Gasteiger partial charge is 0.257 e. The van der Waals surface area contributed by atoms with Crippen molar-refractivity contribution >= 4 is 17.0 Å². The Bertz CT molecular complexity index is 570. The summed E-state index contributed by atoms with van der Waals surface area (Å²) < 4.78 is 5.22. The average molecular weight is 245 g/mol. The van der Waals surface area contributed by atoms with Gasteiger partial charge in [0, 0.05) is 18.0 Å². The molecule has 5 heteroatoms. The van der Waals surface area contributed by atoms with Gasteiger partial charge in [0.05, 0.1) is 11.1 Å². The summed E-state index contributed by atoms with van der Waals surface area (Å²) in [4.78, 5) is 15.3. The third-order valence-corrected chi connectivity index (χ3v) is 3.79. The number of aromatic nitrogens is 2. The topological polar surface area (TPSA) is 82.0 Å². The third-order valence-electron chi connectivity index (χ3n) is 3.79. The highest BCUT2D eigenvalue weighted by Gasteiger charge is 2.28. The fourth-order valence-corrected chi connectivity index (χ4v) is 2.75. The van der Waals surface area contributed by atoms with E-state index in [0.717, 1.165) is 36.8 Å². The van der Waals surface area contributed by atoms with Gasteiger partial charge in [-0.05, 0) is 37.8 Å². The summed E-state index contributed by atoms with van der Waals surface area (Å²) in [5.41, 5.74) is 6.90. The van der Waals surface area contributed by atoms with E-state index in [1.807, 2.05) is 12.1 Å². The number of nitrogens with zero attached hydrogens (tertiary/aromatic N) is 2. The molecule has 0 bridgehead atoms. The molecule has 1 saturated carbocycles. The minimum absolute atomic E-state index is 0.0255. The lowest BCUT2D eigenvalue weighted by Gasteiger charge is -2.25. The van der Waals surface area contributed by atoms with Gasteiger partial charge in [-0.1, -0.05) is 5.16 Å². The maximum absolute atomic E-state index is 11.1. The normalized spacial score (nSPS) is 24.2. The van der Waals surface area contributed by atoms with Crippen LogP contribution < -0.4 is 5.73 Å². The van der Waals surface area contributed by atoms with Crippen molar-refractivity contribution < 1.29 is 9.32 Å². The van der Waals surface area contributed by atoms with Crippen LogP contribution in [0.5, 0.6) is 0 Å². The monoisotopic (exact) mass is 245 g/mol. The molecule has 0 atom stereocenters. The zero-order valence-corrected chi connectivity index (χ0v) is 10.0. The third kappa shape index (κ3) is 1.85. The maximum atomic E-state index is 11.1. The standard InChI is InChI=1S/C13H15N3O2/c14-12(17)9-5-3-8(4-6-9)11-10-2-1-7-15-13(10)18-16-11/h1-2,7-9H,3-6H2,(H2,14,17). The van der Waals surface area contributed by atoms with Gasteiger partial charge < -0.3 is 10.3 Å². The summed E-state index contributed by atoms with van der Waals surface area (Å²) in [5, 5.41) is 5.12. The molecular formula is C13H15N3O2. The van der Waals surface area contributed by atoms with Crippen LogP contribution in [0, 0.1) is 5.92 Å². The molecule has 2 N–H and O–H groups in total. The molecule has 18 heavy (non-hydrogen) atoms. The van der Waals surface area contributed by atoms with Crippen molar-refractivity contribution in [2.45, 2.75) is 31.6 Å². The average Bonchev–Trinajstić information content (AvgIpc) is 2.82. The second-order valence-electron chi connectivity index (χ2n) is 4.87. The molecular weight excluding hydrogens is 230 g/mol. The molecule has 0 saturated heterocycles. The van der Waals surface area contributed by atoms with Gasteiger partial charge in [-0.2, -0.15) is 0 Å². The van der Waals surface area contributed by atoms with Gasteiger partial charge in [0.2, 0.25) is 5.91 Å². The lowest BCUT2D eigenvalue weighted by molar-refractivity contribution is -0.122. The van der Waals surface area contributed by atoms with Crippen LogP contribution in [-0.4, -0.2) is 16.0 Å². The van der Waals surface area contributed by atoms with E-state index in [9.17, 15) is 4.79 Å². The minimum Gasteiger partial charge on any atom is -0.369 e. The van der Waals surface area contributed by atoms with Crippen molar-refractivity contribution in [1.82, 2.24) is 10.1 Å². The van der Waals surface area contributed by atoms with Crippen molar-refractivity contribution in [1.29, 1.82) is 0 Å². The number of hydrogen-bond donors (Lipinski definition) is 1. The highest BCUT2D eigenvalue weighted by molar-refractivity contribution is 5.77. The Morgan fingerprint density at radius 3 is 2.83 bits per heavy atom. The number of rotatable bonds is 2. The molecule has 3 rings (SSSR count). The van der Waals surface area contributed by atoms with Crippen LogP contribution in [0.15, 0.2) is 22.9 Å². The van der Waals surface area contributed by atoms with Crippen molar-refractivity contribution in [2.75, 3.05) is 0 Å². The molecule has 1 aliphatic rings. The Labute approximate surface area is 104 Å². The molecule has 0 unspecified atom stereocenters. The van der Waals surface area contributed by atoms with Crippen LogP contribution in [0.3, 0.4) is 0 Å². The number of nitrogens with two attached hydrogens (primary N) is 1. The molecule has 2 aromatic rings. The number of pyridine rings is 1. The lowest BCUT2D eigenvalue weighted by Crippen LogP contribution is -2.27. The predicted molar refractivity (Wildman–Crippen MR) is 65.7 cm³/mol. The van der Waals surface area contributed by atoms with Gasteiger partial charge in [0.25, 0.3) is 5.71 Å². The van der Waals surface area contributed by atoms with Crippen LogP contribution in [0.25, 0.3) is 11.1 Å². The fraction of sp³-hybridized carbons (Fsp3) is 0.462. The van der Waals surface area contributed by atoms with Gasteiger partial charge in [-0.3, -0.25) is 4.79 Å². The van der Waals surface area contributed by atoms with Gasteiger partial charge in [0.1, 0.15) is 0 Å². The molecule has 1 aliphatic carbocycles. The molecule has 5 nitrogen and oxygen atoms in total. The fourth-order valence-electron chi connectivity index (χ4n) is 2.75. The largest absolute Gasteiger partial charge is 0.369 e. The summed E-state index contributed by atoms with van der Waals surface area (Å²) >= 11 is 0. The van der Waals surface area contributed by atoms with Gasteiger partial charge in [-0.25, -0.2) is 4.98 Å². The van der Waals surface area contributed by atoms with E-state index in [1.165, 1.54) is 0 Å². The number of fused-ring (bicyclic) bond motifs is 1. The Kier molecular flexibility index (Phi) is 2.74. The Morgan fingerprint density at radius 2 is 2.11 bits per heavy atom. The number of hydrogen-bond acceptors (Lipinski definition) is 4. The van der Waals surface area contributed by atoms with Crippen LogP contribution in [0.4, 0.5) is 0 Å². The van der Waals surface area contributed by atoms with Gasteiger partial charge in [0.15, 0.2) is 0 Å². The molecule has 94 valence electrons. The van der Waals surface area contributed by atoms with Crippen molar-refractivity contribution in [3.05, 3.63) is 24.0 Å². The van der Waals surface area contributed by atoms with Crippen LogP contribution in [-0.2, 0) is 4.79 Å². The van der Waals surface area contributed by atoms with E-state index in [2.05, 4.69) is 10.1 Å². The van der Waals surface area contributed by atoms with E-state index in [4.69, 9.17) is 10.3 Å². The SMILES string of the molecule is NC(=O)C1CCC(c2noc3ncccc23)CC1. The van der Waals surface area contributed by atoms with Crippen molar-refractivity contribution in [3.63, 3.8) is 0 Å². The highest BCUT2D eigenvalue weighted by atomic mass is 16.5. The second kappa shape index (κ2) is 4.40. The maximum Gasteiger partial charge on any atom is 0.257 e. The van der Waals surface area contributed by atoms with E-state index >= 15 is 0 Å². The molecule has 1 fully saturated rings. The Balaban J connectivity index is 1.82. The number of primary amides is 1. The van der Waals surface area contributed by atoms with Crippen LogP contribution >= 0.6 is 0 Å². The molecule has 0 aromatic carbocycles. The van der Waals surface area contributed by atoms with Crippen LogP contribution in [0.1, 0.15) is 37.3 Å². The Hall–Kier alpha value is -1.91. The Morgan fingerprint density at radius 1 is 1.33 bits per heavy atom. The van der Waals surface area contributed by atoms with Gasteiger partial charge in [-0.15, -0.1) is 0 Å². The molecule has 2 heterocycles. The van der Waals surface area contributed by atoms with E-state index in [-0.39, 0.29) is 11.8 Å². The molecule has 2 aromatic heterocycles. The first kappa shape index (κ1) is 11.2. The highest BCUT2D eigenvalue weighted by Crippen LogP contribution is 2.37. The first-order valence-electron chi connectivity index (χ1n) is 6.25. The zero-order chi connectivity index (χ0) is 12.5. The van der Waals surface area contributed by atoms with E-state index in [0.29, 0.717) is 11.6 Å². The zero-order valence-electron chi connectivity index (χ0n) is 10.0. The number of amides is 1. The van der Waals surface area contributed by atoms with E-state index < -0.39 is 0 Å². The van der Waals surface area contributed by atoms with Crippen molar-refractivity contribution in [3.8, 4) is 0 Å². The summed E-state index contributed by atoms with van der Waals surface area (Å²) in [6, 6.07) is 3.87. The summed E-state index contributed by atoms with van der Waals surface area (Å²) in [6.45, 7) is 0. The van der Waals surface area contributed by atoms with E-state index in [1.54, 1.807) is 6.20 Å². The quantitative estimate of drug-likeness (QED) is 0.877. The molecule has 0 radical (unpaired) electrons. The minimum atomic E-state index is -0.180. The summed E-state index contributed by atoms with van der Waals surface area (Å²) in [6.07, 6.45) is 5.25. The van der Waals surface area contributed by atoms with Gasteiger partial charge >= 0.3 is 0 Å². The number of carbonyl (C=O) groups is 1. The first-order valence-corrected chi connectivity index (χ1v) is 6.25. The van der Waals surface area contributed by atoms with Crippen molar-refractivity contribution in [2.24, 2.45) is 11.7 Å². The van der Waals surface area contributed by atoms with Crippen LogP contribution in [0.2, 0.25) is 0 Å². The molecule has 1 amide bonds.